The fourth-order valence-corrected chi connectivity index (χ4v) is 3.87. The number of amides is 2. The summed E-state index contributed by atoms with van der Waals surface area (Å²) in [6.45, 7) is 3.02. The second-order valence-electron chi connectivity index (χ2n) is 7.88. The lowest BCUT2D eigenvalue weighted by Gasteiger charge is -2.32. The van der Waals surface area contributed by atoms with Gasteiger partial charge in [0.05, 0.1) is 18.3 Å². The predicted octanol–water partition coefficient (Wildman–Crippen LogP) is 2.04. The highest BCUT2D eigenvalue weighted by molar-refractivity contribution is 5.98. The van der Waals surface area contributed by atoms with E-state index in [1.54, 1.807) is 47.2 Å². The number of methoxy groups -OCH3 is 1. The van der Waals surface area contributed by atoms with Gasteiger partial charge >= 0.3 is 0 Å². The van der Waals surface area contributed by atoms with Gasteiger partial charge in [-0.25, -0.2) is 0 Å². The highest BCUT2D eigenvalue weighted by Crippen LogP contribution is 2.26. The van der Waals surface area contributed by atoms with Crippen molar-refractivity contribution < 1.29 is 14.3 Å². The van der Waals surface area contributed by atoms with E-state index in [-0.39, 0.29) is 23.8 Å². The third-order valence-electron chi connectivity index (χ3n) is 5.71. The Morgan fingerprint density at radius 2 is 1.78 bits per heavy atom. The molecule has 8 heteroatoms. The molecule has 1 aliphatic rings. The molecule has 32 heavy (non-hydrogen) atoms. The first-order chi connectivity index (χ1) is 15.5. The summed E-state index contributed by atoms with van der Waals surface area (Å²) in [7, 11) is 3.55. The average Bonchev–Trinajstić information content (AvgIpc) is 2.81. The first kappa shape index (κ1) is 21.6. The third-order valence-corrected chi connectivity index (χ3v) is 5.71. The number of piperazine rings is 1. The number of fused-ring (bicyclic) bond motifs is 1. The van der Waals surface area contributed by atoms with Crippen LogP contribution in [0, 0.1) is 0 Å². The molecule has 1 saturated heterocycles. The molecule has 0 spiro atoms. The number of pyridine rings is 1. The molecule has 166 valence electrons. The average molecular weight is 434 g/mol. The molecule has 3 aromatic rings. The molecule has 8 nitrogen and oxygen atoms in total. The second-order valence-corrected chi connectivity index (χ2v) is 7.88. The monoisotopic (exact) mass is 434 g/mol. The van der Waals surface area contributed by atoms with Crippen molar-refractivity contribution in [3.05, 3.63) is 70.5 Å². The van der Waals surface area contributed by atoms with Gasteiger partial charge in [0.25, 0.3) is 5.91 Å². The zero-order valence-corrected chi connectivity index (χ0v) is 18.2. The van der Waals surface area contributed by atoms with E-state index >= 15 is 0 Å². The van der Waals surface area contributed by atoms with Crippen LogP contribution in [0.15, 0.2) is 59.5 Å². The summed E-state index contributed by atoms with van der Waals surface area (Å²) in [4.78, 5) is 41.8. The molecule has 2 aromatic carbocycles. The van der Waals surface area contributed by atoms with Crippen molar-refractivity contribution in [3.63, 3.8) is 0 Å². The SMILES string of the molecule is COc1ccc(C(=O)N2CCN(C)CC2)cc1NC(=O)Cn1ccc(=O)c2ccccc21. The van der Waals surface area contributed by atoms with Crippen molar-refractivity contribution in [1.82, 2.24) is 14.4 Å². The van der Waals surface area contributed by atoms with Crippen molar-refractivity contribution >= 4 is 28.4 Å². The topological polar surface area (TPSA) is 83.9 Å². The van der Waals surface area contributed by atoms with Gasteiger partial charge in [0, 0.05) is 49.4 Å². The van der Waals surface area contributed by atoms with Gasteiger partial charge in [0.15, 0.2) is 5.43 Å². The molecule has 1 aromatic heterocycles. The van der Waals surface area contributed by atoms with E-state index in [0.717, 1.165) is 13.1 Å². The van der Waals surface area contributed by atoms with E-state index in [2.05, 4.69) is 10.2 Å². The Labute approximate surface area is 186 Å². The first-order valence-electron chi connectivity index (χ1n) is 10.5. The van der Waals surface area contributed by atoms with E-state index < -0.39 is 0 Å². The maximum atomic E-state index is 12.9. The zero-order valence-electron chi connectivity index (χ0n) is 18.2. The van der Waals surface area contributed by atoms with Crippen LogP contribution in [0.3, 0.4) is 0 Å². The summed E-state index contributed by atoms with van der Waals surface area (Å²) >= 11 is 0. The number of anilines is 1. The van der Waals surface area contributed by atoms with E-state index in [1.165, 1.54) is 13.2 Å². The van der Waals surface area contributed by atoms with Gasteiger partial charge < -0.3 is 24.4 Å². The molecule has 1 N–H and O–H groups in total. The number of nitrogens with zero attached hydrogens (tertiary/aromatic N) is 3. The normalized spacial score (nSPS) is 14.4. The number of carbonyl (C=O) groups excluding carboxylic acids is 2. The van der Waals surface area contributed by atoms with Gasteiger partial charge in [0.2, 0.25) is 5.91 Å². The number of rotatable bonds is 5. The van der Waals surface area contributed by atoms with Crippen molar-refractivity contribution in [2.24, 2.45) is 0 Å². The Morgan fingerprint density at radius 1 is 1.03 bits per heavy atom. The number of para-hydroxylation sites is 1. The van der Waals surface area contributed by atoms with Crippen molar-refractivity contribution in [3.8, 4) is 5.75 Å². The molecular formula is C24H26N4O4. The van der Waals surface area contributed by atoms with Gasteiger partial charge in [-0.2, -0.15) is 0 Å². The van der Waals surface area contributed by atoms with E-state index in [0.29, 0.717) is 41.0 Å². The number of nitrogens with one attached hydrogen (secondary N) is 1. The Kier molecular flexibility index (Phi) is 6.23. The number of likely N-dealkylation sites (N-methyl/N-ethyl adjacent to an activating group) is 1. The number of carbonyl (C=O) groups is 2. The number of aromatic nitrogens is 1. The van der Waals surface area contributed by atoms with Crippen molar-refractivity contribution in [2.45, 2.75) is 6.54 Å². The summed E-state index contributed by atoms with van der Waals surface area (Å²) in [5.74, 6) is 0.113. The van der Waals surface area contributed by atoms with Crippen LogP contribution in [0.1, 0.15) is 10.4 Å². The highest BCUT2D eigenvalue weighted by Gasteiger charge is 2.21. The second kappa shape index (κ2) is 9.23. The van der Waals surface area contributed by atoms with Gasteiger partial charge in [-0.1, -0.05) is 12.1 Å². The molecule has 1 aliphatic heterocycles. The Balaban J connectivity index is 1.54. The van der Waals surface area contributed by atoms with Gasteiger partial charge in [0.1, 0.15) is 12.3 Å². The molecule has 0 unspecified atom stereocenters. The summed E-state index contributed by atoms with van der Waals surface area (Å²) in [6, 6.07) is 13.7. The summed E-state index contributed by atoms with van der Waals surface area (Å²) in [5, 5.41) is 3.41. The smallest absolute Gasteiger partial charge is 0.254 e. The number of benzene rings is 2. The molecule has 0 bridgehead atoms. The first-order valence-corrected chi connectivity index (χ1v) is 10.5. The highest BCUT2D eigenvalue weighted by atomic mass is 16.5. The van der Waals surface area contributed by atoms with Crippen molar-refractivity contribution in [2.75, 3.05) is 45.7 Å². The zero-order chi connectivity index (χ0) is 22.7. The molecular weight excluding hydrogens is 408 g/mol. The fraction of sp³-hybridized carbons (Fsp3) is 0.292. The predicted molar refractivity (Wildman–Crippen MR) is 123 cm³/mol. The summed E-state index contributed by atoms with van der Waals surface area (Å²) in [5.41, 5.74) is 1.53. The van der Waals surface area contributed by atoms with Crippen molar-refractivity contribution in [1.29, 1.82) is 0 Å². The largest absolute Gasteiger partial charge is 0.495 e. The maximum absolute atomic E-state index is 12.9. The molecule has 1 fully saturated rings. The third kappa shape index (κ3) is 4.50. The Bertz CT molecular complexity index is 1210. The lowest BCUT2D eigenvalue weighted by atomic mass is 10.1. The van der Waals surface area contributed by atoms with E-state index in [1.807, 2.05) is 18.0 Å². The number of ether oxygens (including phenoxy) is 1. The molecule has 0 saturated carbocycles. The minimum Gasteiger partial charge on any atom is -0.495 e. The van der Waals surface area contributed by atoms with Gasteiger partial charge in [-0.05, 0) is 37.4 Å². The number of hydrogen-bond acceptors (Lipinski definition) is 5. The van der Waals surface area contributed by atoms with Crippen LogP contribution < -0.4 is 15.5 Å². The Morgan fingerprint density at radius 3 is 2.53 bits per heavy atom. The quantitative estimate of drug-likeness (QED) is 0.664. The lowest BCUT2D eigenvalue weighted by Crippen LogP contribution is -2.47. The summed E-state index contributed by atoms with van der Waals surface area (Å²) in [6.07, 6.45) is 1.61. The molecule has 2 heterocycles. The van der Waals surface area contributed by atoms with Crippen LogP contribution >= 0.6 is 0 Å². The molecule has 0 radical (unpaired) electrons. The van der Waals surface area contributed by atoms with Crippen LogP contribution in [-0.2, 0) is 11.3 Å². The fourth-order valence-electron chi connectivity index (χ4n) is 3.87. The Hall–Kier alpha value is -3.65. The van der Waals surface area contributed by atoms with E-state index in [9.17, 15) is 14.4 Å². The molecule has 0 atom stereocenters. The maximum Gasteiger partial charge on any atom is 0.254 e. The molecule has 4 rings (SSSR count). The minimum absolute atomic E-state index is 0.0145. The number of hydrogen-bond donors (Lipinski definition) is 1. The van der Waals surface area contributed by atoms with Crippen LogP contribution in [0.5, 0.6) is 5.75 Å². The summed E-state index contributed by atoms with van der Waals surface area (Å²) < 4.78 is 7.10. The minimum atomic E-state index is -0.290. The standard InChI is InChI=1S/C24H26N4O4/c1-26-11-13-27(14-12-26)24(31)17-7-8-22(32-2)19(15-17)25-23(30)16-28-10-9-21(29)18-5-3-4-6-20(18)28/h3-10,15H,11-14,16H2,1-2H3,(H,25,30). The van der Waals surface area contributed by atoms with Crippen LogP contribution in [0.25, 0.3) is 10.9 Å². The van der Waals surface area contributed by atoms with Gasteiger partial charge in [-0.3, -0.25) is 14.4 Å². The molecule has 0 aliphatic carbocycles. The van der Waals surface area contributed by atoms with Crippen LogP contribution in [0.4, 0.5) is 5.69 Å². The van der Waals surface area contributed by atoms with Crippen LogP contribution in [0.2, 0.25) is 0 Å². The van der Waals surface area contributed by atoms with Crippen LogP contribution in [-0.4, -0.2) is 66.5 Å². The van der Waals surface area contributed by atoms with E-state index in [4.69, 9.17) is 4.74 Å². The lowest BCUT2D eigenvalue weighted by molar-refractivity contribution is -0.116. The molecule has 2 amide bonds. The van der Waals surface area contributed by atoms with Gasteiger partial charge in [-0.15, -0.1) is 0 Å².